The molecule has 0 atom stereocenters. The smallest absolute Gasteiger partial charge is 0.253 e. The SMILES string of the molecule is C=CCn1c(SCc2ccc(C(=O)N3CCN(c4ccccc4F)CC3)cc2)nnc1-c1ccco1. The highest BCUT2D eigenvalue weighted by Gasteiger charge is 2.23. The van der Waals surface area contributed by atoms with Crippen molar-refractivity contribution in [2.75, 3.05) is 31.1 Å². The van der Waals surface area contributed by atoms with Crippen LogP contribution in [0.15, 0.2) is 89.2 Å². The molecule has 0 saturated carbocycles. The lowest BCUT2D eigenvalue weighted by Crippen LogP contribution is -2.49. The van der Waals surface area contributed by atoms with Gasteiger partial charge in [-0.15, -0.1) is 16.8 Å². The lowest BCUT2D eigenvalue weighted by atomic mass is 10.1. The highest BCUT2D eigenvalue weighted by molar-refractivity contribution is 7.98. The summed E-state index contributed by atoms with van der Waals surface area (Å²) in [5.41, 5.74) is 2.32. The van der Waals surface area contributed by atoms with Crippen LogP contribution < -0.4 is 4.90 Å². The maximum absolute atomic E-state index is 14.1. The first kappa shape index (κ1) is 23.9. The van der Waals surface area contributed by atoms with Crippen LogP contribution in [-0.4, -0.2) is 51.8 Å². The molecule has 1 fully saturated rings. The number of hydrogen-bond acceptors (Lipinski definition) is 6. The van der Waals surface area contributed by atoms with E-state index in [0.717, 1.165) is 10.7 Å². The third-order valence-corrected chi connectivity index (χ3v) is 7.14. The second kappa shape index (κ2) is 10.8. The summed E-state index contributed by atoms with van der Waals surface area (Å²) in [4.78, 5) is 16.8. The number of nitrogens with zero attached hydrogens (tertiary/aromatic N) is 5. The highest BCUT2D eigenvalue weighted by Crippen LogP contribution is 2.27. The number of amides is 1. The molecule has 1 saturated heterocycles. The predicted octanol–water partition coefficient (Wildman–Crippen LogP) is 5.12. The van der Waals surface area contributed by atoms with Crippen LogP contribution in [0.5, 0.6) is 0 Å². The molecule has 5 rings (SSSR count). The lowest BCUT2D eigenvalue weighted by molar-refractivity contribution is 0.0746. The first-order chi connectivity index (χ1) is 17.6. The Morgan fingerprint density at radius 3 is 2.50 bits per heavy atom. The van der Waals surface area contributed by atoms with Crippen molar-refractivity contribution in [2.24, 2.45) is 0 Å². The number of aromatic nitrogens is 3. The van der Waals surface area contributed by atoms with Crippen LogP contribution in [0.25, 0.3) is 11.6 Å². The molecular formula is C27H26FN5O2S. The molecule has 0 radical (unpaired) electrons. The normalized spacial score (nSPS) is 13.7. The second-order valence-corrected chi connectivity index (χ2v) is 9.34. The first-order valence-electron chi connectivity index (χ1n) is 11.7. The molecule has 7 nitrogen and oxygen atoms in total. The average Bonchev–Trinajstić information content (AvgIpc) is 3.58. The number of piperazine rings is 1. The Morgan fingerprint density at radius 1 is 1.03 bits per heavy atom. The van der Waals surface area contributed by atoms with Gasteiger partial charge in [-0.2, -0.15) is 0 Å². The van der Waals surface area contributed by atoms with E-state index in [1.165, 1.54) is 6.07 Å². The molecule has 184 valence electrons. The van der Waals surface area contributed by atoms with Gasteiger partial charge >= 0.3 is 0 Å². The standard InChI is InChI=1S/C27H26FN5O2S/c1-2-13-33-25(24-8-5-18-35-24)29-30-27(33)36-19-20-9-11-21(12-10-20)26(34)32-16-14-31(15-17-32)23-7-4-3-6-22(23)28/h2-12,18H,1,13-17,19H2. The van der Waals surface area contributed by atoms with E-state index in [-0.39, 0.29) is 11.7 Å². The summed E-state index contributed by atoms with van der Waals surface area (Å²) < 4.78 is 21.5. The van der Waals surface area contributed by atoms with Crippen LogP contribution in [0.2, 0.25) is 0 Å². The molecule has 1 aliphatic rings. The Kier molecular flexibility index (Phi) is 7.18. The van der Waals surface area contributed by atoms with Crippen molar-refractivity contribution < 1.29 is 13.6 Å². The summed E-state index contributed by atoms with van der Waals surface area (Å²) in [5.74, 6) is 1.78. The molecule has 0 spiro atoms. The van der Waals surface area contributed by atoms with Gasteiger partial charge in [0.05, 0.1) is 12.0 Å². The monoisotopic (exact) mass is 503 g/mol. The molecule has 0 N–H and O–H groups in total. The number of para-hydroxylation sites is 1. The first-order valence-corrected chi connectivity index (χ1v) is 12.7. The number of benzene rings is 2. The molecule has 0 bridgehead atoms. The fraction of sp³-hybridized carbons (Fsp3) is 0.222. The number of halogens is 1. The Hall–Kier alpha value is -3.85. The van der Waals surface area contributed by atoms with Gasteiger partial charge < -0.3 is 14.2 Å². The Morgan fingerprint density at radius 2 is 1.81 bits per heavy atom. The van der Waals surface area contributed by atoms with Gasteiger partial charge in [-0.25, -0.2) is 4.39 Å². The quantitative estimate of drug-likeness (QED) is 0.246. The molecule has 1 aliphatic heterocycles. The van der Waals surface area contributed by atoms with Crippen molar-refractivity contribution in [1.82, 2.24) is 19.7 Å². The molecule has 1 amide bonds. The molecule has 3 heterocycles. The number of allylic oxidation sites excluding steroid dienone is 1. The van der Waals surface area contributed by atoms with Crippen molar-refractivity contribution in [3.05, 3.63) is 96.5 Å². The van der Waals surface area contributed by atoms with Gasteiger partial charge in [0.15, 0.2) is 10.9 Å². The summed E-state index contributed by atoms with van der Waals surface area (Å²) in [6, 6.07) is 18.1. The zero-order valence-corrected chi connectivity index (χ0v) is 20.5. The zero-order valence-electron chi connectivity index (χ0n) is 19.7. The van der Waals surface area contributed by atoms with Crippen LogP contribution in [0.3, 0.4) is 0 Å². The second-order valence-electron chi connectivity index (χ2n) is 8.40. The number of carbonyl (C=O) groups excluding carboxylic acids is 1. The van der Waals surface area contributed by atoms with Crippen LogP contribution in [-0.2, 0) is 12.3 Å². The van der Waals surface area contributed by atoms with Crippen LogP contribution in [0, 0.1) is 5.82 Å². The minimum absolute atomic E-state index is 0.00352. The van der Waals surface area contributed by atoms with Crippen molar-refractivity contribution in [3.63, 3.8) is 0 Å². The molecule has 0 aliphatic carbocycles. The van der Waals surface area contributed by atoms with Gasteiger partial charge in [0.2, 0.25) is 5.82 Å². The van der Waals surface area contributed by atoms with Crippen LogP contribution in [0.4, 0.5) is 10.1 Å². The molecule has 4 aromatic rings. The Balaban J connectivity index is 1.19. The molecule has 0 unspecified atom stereocenters. The fourth-order valence-electron chi connectivity index (χ4n) is 4.21. The van der Waals surface area contributed by atoms with E-state index in [1.54, 1.807) is 36.2 Å². The molecule has 36 heavy (non-hydrogen) atoms. The minimum atomic E-state index is -0.231. The van der Waals surface area contributed by atoms with E-state index in [1.807, 2.05) is 56.8 Å². The third kappa shape index (κ3) is 5.06. The molecular weight excluding hydrogens is 477 g/mol. The van der Waals surface area contributed by atoms with E-state index in [4.69, 9.17) is 4.42 Å². The van der Waals surface area contributed by atoms with Gasteiger partial charge in [0.25, 0.3) is 5.91 Å². The third-order valence-electron chi connectivity index (χ3n) is 6.10. The van der Waals surface area contributed by atoms with E-state index in [0.29, 0.717) is 61.3 Å². The summed E-state index contributed by atoms with van der Waals surface area (Å²) >= 11 is 1.57. The number of hydrogen-bond donors (Lipinski definition) is 0. The van der Waals surface area contributed by atoms with Crippen LogP contribution in [0.1, 0.15) is 15.9 Å². The summed E-state index contributed by atoms with van der Waals surface area (Å²) in [5, 5.41) is 9.38. The van der Waals surface area contributed by atoms with Crippen molar-refractivity contribution in [3.8, 4) is 11.6 Å². The maximum atomic E-state index is 14.1. The van der Waals surface area contributed by atoms with Gasteiger partial charge in [0.1, 0.15) is 5.82 Å². The maximum Gasteiger partial charge on any atom is 0.253 e. The Bertz CT molecular complexity index is 1330. The van der Waals surface area contributed by atoms with E-state index < -0.39 is 0 Å². The average molecular weight is 504 g/mol. The van der Waals surface area contributed by atoms with E-state index in [9.17, 15) is 9.18 Å². The minimum Gasteiger partial charge on any atom is -0.461 e. The number of thioether (sulfide) groups is 1. The van der Waals surface area contributed by atoms with Gasteiger partial charge in [-0.05, 0) is 42.0 Å². The Labute approximate surface area is 213 Å². The van der Waals surface area contributed by atoms with Crippen molar-refractivity contribution >= 4 is 23.4 Å². The van der Waals surface area contributed by atoms with Gasteiger partial charge in [-0.1, -0.05) is 42.1 Å². The summed E-state index contributed by atoms with van der Waals surface area (Å²) in [6.07, 6.45) is 3.41. The number of furan rings is 1. The predicted molar refractivity (Wildman–Crippen MR) is 138 cm³/mol. The zero-order chi connectivity index (χ0) is 24.9. The molecule has 9 heteroatoms. The number of carbonyl (C=O) groups is 1. The topological polar surface area (TPSA) is 67.4 Å². The summed E-state index contributed by atoms with van der Waals surface area (Å²) in [7, 11) is 0. The fourth-order valence-corrected chi connectivity index (χ4v) is 5.11. The van der Waals surface area contributed by atoms with E-state index in [2.05, 4.69) is 16.8 Å². The van der Waals surface area contributed by atoms with Gasteiger partial charge in [0, 0.05) is 44.0 Å². The highest BCUT2D eigenvalue weighted by atomic mass is 32.2. The largest absolute Gasteiger partial charge is 0.461 e. The van der Waals surface area contributed by atoms with E-state index >= 15 is 0 Å². The van der Waals surface area contributed by atoms with Crippen LogP contribution >= 0.6 is 11.8 Å². The molecule has 2 aromatic heterocycles. The molecule has 2 aromatic carbocycles. The number of anilines is 1. The lowest BCUT2D eigenvalue weighted by Gasteiger charge is -2.36. The van der Waals surface area contributed by atoms with Gasteiger partial charge in [-0.3, -0.25) is 9.36 Å². The van der Waals surface area contributed by atoms with Crippen molar-refractivity contribution in [2.45, 2.75) is 17.5 Å². The summed E-state index contributed by atoms with van der Waals surface area (Å²) in [6.45, 7) is 6.73. The van der Waals surface area contributed by atoms with Crippen molar-refractivity contribution in [1.29, 1.82) is 0 Å². The number of rotatable bonds is 8.